The lowest BCUT2D eigenvalue weighted by molar-refractivity contribution is 0.115. The van der Waals surface area contributed by atoms with E-state index in [4.69, 9.17) is 4.84 Å². The minimum Gasteiger partial charge on any atom is -0.280 e. The van der Waals surface area contributed by atoms with Crippen molar-refractivity contribution in [1.29, 1.82) is 0 Å². The van der Waals surface area contributed by atoms with Crippen LogP contribution in [0.1, 0.15) is 33.6 Å². The lowest BCUT2D eigenvalue weighted by Crippen LogP contribution is -2.11. The van der Waals surface area contributed by atoms with Crippen LogP contribution >= 0.6 is 0 Å². The standard InChI is InChI=1S/C9H19NO/c1-5-8(3)7-9(6-2)10-11-4/h7-8,10H,5-6H2,1-4H3. The third-order valence-corrected chi connectivity index (χ3v) is 1.74. The SMILES string of the molecule is CCC(=CC(C)CC)NOC. The van der Waals surface area contributed by atoms with Crippen LogP contribution in [0.3, 0.4) is 0 Å². The van der Waals surface area contributed by atoms with Crippen molar-refractivity contribution in [3.63, 3.8) is 0 Å². The van der Waals surface area contributed by atoms with E-state index in [1.807, 2.05) is 0 Å². The van der Waals surface area contributed by atoms with E-state index in [0.717, 1.165) is 6.42 Å². The van der Waals surface area contributed by atoms with Gasteiger partial charge in [0.15, 0.2) is 0 Å². The number of hydrogen-bond acceptors (Lipinski definition) is 2. The molecule has 0 aromatic carbocycles. The van der Waals surface area contributed by atoms with Crippen LogP contribution in [-0.2, 0) is 4.84 Å². The van der Waals surface area contributed by atoms with Crippen molar-refractivity contribution < 1.29 is 4.84 Å². The molecule has 0 aromatic rings. The van der Waals surface area contributed by atoms with Crippen LogP contribution in [0.5, 0.6) is 0 Å². The molecule has 66 valence electrons. The quantitative estimate of drug-likeness (QED) is 0.619. The lowest BCUT2D eigenvalue weighted by Gasteiger charge is -2.08. The van der Waals surface area contributed by atoms with Crippen LogP contribution in [0.2, 0.25) is 0 Å². The summed E-state index contributed by atoms with van der Waals surface area (Å²) in [6, 6.07) is 0. The third-order valence-electron chi connectivity index (χ3n) is 1.74. The third kappa shape index (κ3) is 4.85. The van der Waals surface area contributed by atoms with Crippen LogP contribution in [-0.4, -0.2) is 7.11 Å². The molecule has 0 aromatic heterocycles. The predicted octanol–water partition coefficient (Wildman–Crippen LogP) is 2.48. The Balaban J connectivity index is 3.88. The second-order valence-corrected chi connectivity index (χ2v) is 2.74. The summed E-state index contributed by atoms with van der Waals surface area (Å²) in [5.74, 6) is 0.632. The maximum atomic E-state index is 4.82. The van der Waals surface area contributed by atoms with E-state index in [2.05, 4.69) is 32.3 Å². The summed E-state index contributed by atoms with van der Waals surface area (Å²) in [7, 11) is 1.64. The second-order valence-electron chi connectivity index (χ2n) is 2.74. The van der Waals surface area contributed by atoms with Crippen LogP contribution in [0.25, 0.3) is 0 Å². The molecule has 1 N–H and O–H groups in total. The number of allylic oxidation sites excluding steroid dienone is 2. The monoisotopic (exact) mass is 157 g/mol. The Bertz CT molecular complexity index is 121. The number of hydrogen-bond donors (Lipinski definition) is 1. The van der Waals surface area contributed by atoms with E-state index in [9.17, 15) is 0 Å². The average molecular weight is 157 g/mol. The van der Waals surface area contributed by atoms with E-state index in [0.29, 0.717) is 5.92 Å². The van der Waals surface area contributed by atoms with Gasteiger partial charge in [-0.15, -0.1) is 0 Å². The van der Waals surface area contributed by atoms with E-state index >= 15 is 0 Å². The summed E-state index contributed by atoms with van der Waals surface area (Å²) >= 11 is 0. The molecule has 0 bridgehead atoms. The first-order valence-electron chi connectivity index (χ1n) is 4.24. The van der Waals surface area contributed by atoms with E-state index in [1.54, 1.807) is 7.11 Å². The van der Waals surface area contributed by atoms with Crippen LogP contribution in [0, 0.1) is 5.92 Å². The molecule has 11 heavy (non-hydrogen) atoms. The summed E-state index contributed by atoms with van der Waals surface area (Å²) in [4.78, 5) is 4.82. The molecule has 2 heteroatoms. The van der Waals surface area contributed by atoms with Gasteiger partial charge >= 0.3 is 0 Å². The molecule has 0 rings (SSSR count). The summed E-state index contributed by atoms with van der Waals surface area (Å²) < 4.78 is 0. The highest BCUT2D eigenvalue weighted by molar-refractivity contribution is 4.98. The first-order chi connectivity index (χ1) is 5.24. The highest BCUT2D eigenvalue weighted by atomic mass is 16.6. The zero-order chi connectivity index (χ0) is 8.69. The Morgan fingerprint density at radius 1 is 1.55 bits per heavy atom. The molecular weight excluding hydrogens is 138 g/mol. The van der Waals surface area contributed by atoms with Gasteiger partial charge in [0, 0.05) is 5.70 Å². The lowest BCUT2D eigenvalue weighted by atomic mass is 10.1. The van der Waals surface area contributed by atoms with Gasteiger partial charge in [-0.25, -0.2) is 0 Å². The Labute approximate surface area is 69.6 Å². The van der Waals surface area contributed by atoms with Crippen LogP contribution in [0.4, 0.5) is 0 Å². The molecule has 1 atom stereocenters. The maximum Gasteiger partial charge on any atom is 0.0636 e. The van der Waals surface area contributed by atoms with Crippen molar-refractivity contribution >= 4 is 0 Å². The molecule has 0 aliphatic carbocycles. The topological polar surface area (TPSA) is 21.3 Å². The van der Waals surface area contributed by atoms with Gasteiger partial charge in [-0.05, 0) is 12.3 Å². The Kier molecular flexibility index (Phi) is 5.94. The van der Waals surface area contributed by atoms with Gasteiger partial charge in [-0.3, -0.25) is 10.3 Å². The molecule has 0 saturated carbocycles. The molecular formula is C9H19NO. The maximum absolute atomic E-state index is 4.82. The molecule has 0 aliphatic rings. The van der Waals surface area contributed by atoms with Gasteiger partial charge in [0.05, 0.1) is 7.11 Å². The molecule has 0 heterocycles. The van der Waals surface area contributed by atoms with Crippen molar-refractivity contribution in [2.45, 2.75) is 33.6 Å². The minimum absolute atomic E-state index is 0.632. The Morgan fingerprint density at radius 2 is 2.18 bits per heavy atom. The smallest absolute Gasteiger partial charge is 0.0636 e. The van der Waals surface area contributed by atoms with E-state index < -0.39 is 0 Å². The van der Waals surface area contributed by atoms with Crippen molar-refractivity contribution in [3.05, 3.63) is 11.8 Å². The average Bonchev–Trinajstić information content (AvgIpc) is 2.03. The zero-order valence-electron chi connectivity index (χ0n) is 7.98. The molecule has 0 fully saturated rings. The first kappa shape index (κ1) is 10.5. The molecule has 1 unspecified atom stereocenters. The highest BCUT2D eigenvalue weighted by Crippen LogP contribution is 2.07. The fraction of sp³-hybridized carbons (Fsp3) is 0.778. The highest BCUT2D eigenvalue weighted by Gasteiger charge is 1.96. The fourth-order valence-electron chi connectivity index (χ4n) is 0.816. The predicted molar refractivity (Wildman–Crippen MR) is 48.0 cm³/mol. The van der Waals surface area contributed by atoms with Crippen LogP contribution < -0.4 is 5.48 Å². The number of hydroxylamine groups is 1. The Hall–Kier alpha value is -0.500. The summed E-state index contributed by atoms with van der Waals surface area (Å²) in [5.41, 5.74) is 4.03. The normalized spacial score (nSPS) is 14.7. The molecule has 0 radical (unpaired) electrons. The van der Waals surface area contributed by atoms with Crippen molar-refractivity contribution in [1.82, 2.24) is 5.48 Å². The van der Waals surface area contributed by atoms with Crippen LogP contribution in [0.15, 0.2) is 11.8 Å². The molecule has 0 spiro atoms. The molecule has 0 amide bonds. The van der Waals surface area contributed by atoms with Crippen molar-refractivity contribution in [3.8, 4) is 0 Å². The molecule has 0 saturated heterocycles. The number of nitrogens with one attached hydrogen (secondary N) is 1. The van der Waals surface area contributed by atoms with Crippen molar-refractivity contribution in [2.75, 3.05) is 7.11 Å². The number of rotatable bonds is 5. The first-order valence-corrected chi connectivity index (χ1v) is 4.24. The van der Waals surface area contributed by atoms with E-state index in [-0.39, 0.29) is 0 Å². The van der Waals surface area contributed by atoms with E-state index in [1.165, 1.54) is 12.1 Å². The zero-order valence-corrected chi connectivity index (χ0v) is 7.98. The summed E-state index contributed by atoms with van der Waals surface area (Å²) in [6.07, 6.45) is 4.39. The van der Waals surface area contributed by atoms with Gasteiger partial charge in [-0.1, -0.05) is 33.3 Å². The largest absolute Gasteiger partial charge is 0.280 e. The van der Waals surface area contributed by atoms with Gasteiger partial charge < -0.3 is 0 Å². The second kappa shape index (κ2) is 6.23. The molecule has 0 aliphatic heterocycles. The molecule has 2 nitrogen and oxygen atoms in total. The summed E-state index contributed by atoms with van der Waals surface area (Å²) in [5, 5.41) is 0. The van der Waals surface area contributed by atoms with Gasteiger partial charge in [0.2, 0.25) is 0 Å². The fourth-order valence-corrected chi connectivity index (χ4v) is 0.816. The Morgan fingerprint density at radius 3 is 2.55 bits per heavy atom. The van der Waals surface area contributed by atoms with Crippen molar-refractivity contribution in [2.24, 2.45) is 5.92 Å². The van der Waals surface area contributed by atoms with Gasteiger partial charge in [-0.2, -0.15) is 0 Å². The summed E-state index contributed by atoms with van der Waals surface area (Å²) in [6.45, 7) is 6.49. The van der Waals surface area contributed by atoms with Gasteiger partial charge in [0.1, 0.15) is 0 Å². The minimum atomic E-state index is 0.632. The van der Waals surface area contributed by atoms with Gasteiger partial charge in [0.25, 0.3) is 0 Å².